The van der Waals surface area contributed by atoms with Gasteiger partial charge in [0.15, 0.2) is 0 Å². The molecule has 1 rings (SSSR count). The summed E-state index contributed by atoms with van der Waals surface area (Å²) in [7, 11) is 0. The molecule has 2 N–H and O–H groups in total. The maximum absolute atomic E-state index is 9.75. The summed E-state index contributed by atoms with van der Waals surface area (Å²) in [5, 5.41) is 12.9. The van der Waals surface area contributed by atoms with Crippen LogP contribution in [0.15, 0.2) is 12.7 Å². The molecule has 1 saturated carbocycles. The van der Waals surface area contributed by atoms with E-state index < -0.39 is 6.10 Å². The summed E-state index contributed by atoms with van der Waals surface area (Å²) in [5.74, 6) is 0.842. The van der Waals surface area contributed by atoms with Gasteiger partial charge in [0.2, 0.25) is 0 Å². The lowest BCUT2D eigenvalue weighted by atomic mass is 9.89. The van der Waals surface area contributed by atoms with Crippen molar-refractivity contribution in [3.05, 3.63) is 12.7 Å². The predicted octanol–water partition coefficient (Wildman–Crippen LogP) is 2.11. The molecule has 0 aromatic heterocycles. The number of hydrogen-bond donors (Lipinski definition) is 2. The van der Waals surface area contributed by atoms with Crippen LogP contribution in [-0.2, 0) is 4.74 Å². The maximum atomic E-state index is 9.75. The van der Waals surface area contributed by atoms with E-state index in [0.29, 0.717) is 19.3 Å². The Morgan fingerprint density at radius 1 is 1.41 bits per heavy atom. The van der Waals surface area contributed by atoms with Gasteiger partial charge in [-0.15, -0.1) is 6.58 Å². The van der Waals surface area contributed by atoms with E-state index in [1.807, 2.05) is 13.0 Å². The molecule has 0 aromatic rings. The zero-order valence-electron chi connectivity index (χ0n) is 11.2. The van der Waals surface area contributed by atoms with Crippen LogP contribution < -0.4 is 5.32 Å². The van der Waals surface area contributed by atoms with E-state index in [4.69, 9.17) is 4.74 Å². The van der Waals surface area contributed by atoms with Gasteiger partial charge in [-0.1, -0.05) is 13.0 Å². The van der Waals surface area contributed by atoms with Crippen molar-refractivity contribution in [2.75, 3.05) is 13.2 Å². The first-order valence-corrected chi connectivity index (χ1v) is 6.77. The maximum Gasteiger partial charge on any atom is 0.0898 e. The summed E-state index contributed by atoms with van der Waals surface area (Å²) in [6.07, 6.45) is 6.57. The second-order valence-corrected chi connectivity index (χ2v) is 5.30. The summed E-state index contributed by atoms with van der Waals surface area (Å²) >= 11 is 0. The standard InChI is InChI=1S/C14H27NO2/c1-4-12(3)15-9-13(16)10-17-14-7-5-11(2)6-8-14/h4,11-16H,1,5-10H2,2-3H3. The summed E-state index contributed by atoms with van der Waals surface area (Å²) in [6.45, 7) is 9.01. The minimum Gasteiger partial charge on any atom is -0.389 e. The zero-order valence-corrected chi connectivity index (χ0v) is 11.2. The monoisotopic (exact) mass is 241 g/mol. The van der Waals surface area contributed by atoms with Crippen molar-refractivity contribution in [2.24, 2.45) is 5.92 Å². The van der Waals surface area contributed by atoms with Crippen molar-refractivity contribution in [3.63, 3.8) is 0 Å². The van der Waals surface area contributed by atoms with Crippen LogP contribution >= 0.6 is 0 Å². The van der Waals surface area contributed by atoms with Crippen molar-refractivity contribution < 1.29 is 9.84 Å². The van der Waals surface area contributed by atoms with Crippen LogP contribution in [0.1, 0.15) is 39.5 Å². The van der Waals surface area contributed by atoms with Crippen LogP contribution in [0.4, 0.5) is 0 Å². The van der Waals surface area contributed by atoms with Crippen molar-refractivity contribution in [1.29, 1.82) is 0 Å². The average Bonchev–Trinajstić information content (AvgIpc) is 2.35. The molecule has 2 unspecified atom stereocenters. The number of hydrogen-bond acceptors (Lipinski definition) is 3. The lowest BCUT2D eigenvalue weighted by Gasteiger charge is -2.27. The largest absolute Gasteiger partial charge is 0.389 e. The molecule has 2 atom stereocenters. The van der Waals surface area contributed by atoms with Crippen LogP contribution in [-0.4, -0.2) is 36.5 Å². The van der Waals surface area contributed by atoms with Gasteiger partial charge in [-0.2, -0.15) is 0 Å². The molecule has 0 aliphatic heterocycles. The third kappa shape index (κ3) is 6.20. The molecule has 100 valence electrons. The number of aliphatic hydroxyl groups excluding tert-OH is 1. The van der Waals surface area contributed by atoms with Crippen molar-refractivity contribution in [3.8, 4) is 0 Å². The van der Waals surface area contributed by atoms with Crippen molar-refractivity contribution in [1.82, 2.24) is 5.32 Å². The highest BCUT2D eigenvalue weighted by molar-refractivity contribution is 4.82. The van der Waals surface area contributed by atoms with Gasteiger partial charge in [-0.05, 0) is 38.5 Å². The molecule has 0 heterocycles. The fraction of sp³-hybridized carbons (Fsp3) is 0.857. The molecule has 3 heteroatoms. The van der Waals surface area contributed by atoms with E-state index in [1.54, 1.807) is 0 Å². The van der Waals surface area contributed by atoms with E-state index in [2.05, 4.69) is 18.8 Å². The molecule has 0 bridgehead atoms. The first-order valence-electron chi connectivity index (χ1n) is 6.77. The topological polar surface area (TPSA) is 41.5 Å². The molecule has 0 radical (unpaired) electrons. The van der Waals surface area contributed by atoms with Gasteiger partial charge in [0.25, 0.3) is 0 Å². The van der Waals surface area contributed by atoms with Gasteiger partial charge >= 0.3 is 0 Å². The Kier molecular flexibility index (Phi) is 6.78. The minimum absolute atomic E-state index is 0.236. The van der Waals surface area contributed by atoms with E-state index in [-0.39, 0.29) is 6.04 Å². The highest BCUT2D eigenvalue weighted by atomic mass is 16.5. The molecular formula is C14H27NO2. The van der Waals surface area contributed by atoms with Crippen molar-refractivity contribution >= 4 is 0 Å². The van der Waals surface area contributed by atoms with E-state index >= 15 is 0 Å². The molecule has 0 aromatic carbocycles. The Bertz CT molecular complexity index is 212. The molecule has 3 nitrogen and oxygen atoms in total. The summed E-state index contributed by atoms with van der Waals surface area (Å²) in [6, 6.07) is 0.236. The zero-order chi connectivity index (χ0) is 12.7. The minimum atomic E-state index is -0.420. The van der Waals surface area contributed by atoms with E-state index in [9.17, 15) is 5.11 Å². The normalized spacial score (nSPS) is 28.6. The lowest BCUT2D eigenvalue weighted by Crippen LogP contribution is -2.36. The first kappa shape index (κ1) is 14.7. The molecule has 1 aliphatic rings. The highest BCUT2D eigenvalue weighted by Gasteiger charge is 2.19. The fourth-order valence-electron chi connectivity index (χ4n) is 2.11. The number of ether oxygens (including phenoxy) is 1. The van der Waals surface area contributed by atoms with Crippen molar-refractivity contribution in [2.45, 2.75) is 57.8 Å². The molecular weight excluding hydrogens is 214 g/mol. The Balaban J connectivity index is 2.07. The van der Waals surface area contributed by atoms with Gasteiger partial charge < -0.3 is 15.2 Å². The smallest absolute Gasteiger partial charge is 0.0898 e. The molecule has 0 spiro atoms. The van der Waals surface area contributed by atoms with Crippen LogP contribution in [0.5, 0.6) is 0 Å². The van der Waals surface area contributed by atoms with Gasteiger partial charge in [0, 0.05) is 12.6 Å². The Morgan fingerprint density at radius 2 is 2.06 bits per heavy atom. The average molecular weight is 241 g/mol. The Labute approximate surface area is 105 Å². The van der Waals surface area contributed by atoms with Crippen LogP contribution in [0.25, 0.3) is 0 Å². The third-order valence-electron chi connectivity index (χ3n) is 3.52. The highest BCUT2D eigenvalue weighted by Crippen LogP contribution is 2.25. The molecule has 1 aliphatic carbocycles. The number of aliphatic hydroxyl groups is 1. The first-order chi connectivity index (χ1) is 8.11. The number of rotatable bonds is 7. The fourth-order valence-corrected chi connectivity index (χ4v) is 2.11. The third-order valence-corrected chi connectivity index (χ3v) is 3.52. The van der Waals surface area contributed by atoms with E-state index in [1.165, 1.54) is 12.8 Å². The van der Waals surface area contributed by atoms with Crippen LogP contribution in [0.2, 0.25) is 0 Å². The second kappa shape index (κ2) is 7.85. The molecule has 17 heavy (non-hydrogen) atoms. The molecule has 1 fully saturated rings. The second-order valence-electron chi connectivity index (χ2n) is 5.30. The van der Waals surface area contributed by atoms with Gasteiger partial charge in [0.1, 0.15) is 0 Å². The number of nitrogens with one attached hydrogen (secondary N) is 1. The quantitative estimate of drug-likeness (QED) is 0.671. The summed E-state index contributed by atoms with van der Waals surface area (Å²) < 4.78 is 5.74. The van der Waals surface area contributed by atoms with Gasteiger partial charge in [-0.25, -0.2) is 0 Å². The SMILES string of the molecule is C=CC(C)NCC(O)COC1CCC(C)CC1. The predicted molar refractivity (Wildman–Crippen MR) is 71.0 cm³/mol. The van der Waals surface area contributed by atoms with Gasteiger partial charge in [-0.3, -0.25) is 0 Å². The van der Waals surface area contributed by atoms with Gasteiger partial charge in [0.05, 0.1) is 18.8 Å². The lowest BCUT2D eigenvalue weighted by molar-refractivity contribution is -0.0280. The van der Waals surface area contributed by atoms with E-state index in [0.717, 1.165) is 18.8 Å². The van der Waals surface area contributed by atoms with Crippen LogP contribution in [0, 0.1) is 5.92 Å². The summed E-state index contributed by atoms with van der Waals surface area (Å²) in [5.41, 5.74) is 0. The van der Waals surface area contributed by atoms with Crippen LogP contribution in [0.3, 0.4) is 0 Å². The Morgan fingerprint density at radius 3 is 2.65 bits per heavy atom. The summed E-state index contributed by atoms with van der Waals surface area (Å²) in [4.78, 5) is 0. The Hall–Kier alpha value is -0.380. The molecule has 0 amide bonds. The molecule has 0 saturated heterocycles.